The molecule has 0 heterocycles. The first kappa shape index (κ1) is 12.8. The molecule has 0 aliphatic rings. The van der Waals surface area contributed by atoms with Crippen LogP contribution < -0.4 is 10.1 Å². The van der Waals surface area contributed by atoms with Crippen LogP contribution in [-0.4, -0.2) is 24.9 Å². The molecule has 88 valence electrons. The van der Waals surface area contributed by atoms with Crippen molar-refractivity contribution in [2.45, 2.75) is 12.8 Å². The van der Waals surface area contributed by atoms with Gasteiger partial charge in [0.15, 0.2) is 0 Å². The Morgan fingerprint density at radius 3 is 2.75 bits per heavy atom. The van der Waals surface area contributed by atoms with Gasteiger partial charge in [-0.05, 0) is 18.6 Å². The number of alkyl halides is 1. The molecule has 0 bridgehead atoms. The van der Waals surface area contributed by atoms with Gasteiger partial charge < -0.3 is 10.1 Å². The molecular weight excluding hydrogens is 226 g/mol. The number of para-hydroxylation sites is 1. The van der Waals surface area contributed by atoms with Crippen LogP contribution >= 0.6 is 11.6 Å². The summed E-state index contributed by atoms with van der Waals surface area (Å²) in [5.41, 5.74) is 0. The van der Waals surface area contributed by atoms with Gasteiger partial charge in [-0.25, -0.2) is 0 Å². The highest BCUT2D eigenvalue weighted by molar-refractivity contribution is 6.18. The second kappa shape index (κ2) is 7.99. The molecule has 0 aromatic heterocycles. The zero-order chi connectivity index (χ0) is 11.6. The van der Waals surface area contributed by atoms with Crippen LogP contribution in [-0.2, 0) is 4.79 Å². The summed E-state index contributed by atoms with van der Waals surface area (Å²) in [7, 11) is 0. The first-order valence-corrected chi connectivity index (χ1v) is 5.87. The van der Waals surface area contributed by atoms with Gasteiger partial charge in [0.25, 0.3) is 0 Å². The highest BCUT2D eigenvalue weighted by Gasteiger charge is 1.98. The minimum Gasteiger partial charge on any atom is -0.494 e. The molecule has 0 radical (unpaired) electrons. The number of carbonyl (C=O) groups is 1. The molecule has 0 saturated heterocycles. The quantitative estimate of drug-likeness (QED) is 0.587. The molecule has 0 unspecified atom stereocenters. The number of amides is 1. The van der Waals surface area contributed by atoms with E-state index in [4.69, 9.17) is 16.3 Å². The average Bonchev–Trinajstić information content (AvgIpc) is 2.30. The predicted molar refractivity (Wildman–Crippen MR) is 64.9 cm³/mol. The molecule has 16 heavy (non-hydrogen) atoms. The van der Waals surface area contributed by atoms with Gasteiger partial charge in [-0.3, -0.25) is 4.79 Å². The zero-order valence-electron chi connectivity index (χ0n) is 9.12. The highest BCUT2D eigenvalue weighted by atomic mass is 35.5. The molecule has 0 atom stereocenters. The van der Waals surface area contributed by atoms with E-state index in [1.54, 1.807) is 0 Å². The molecule has 4 heteroatoms. The lowest BCUT2D eigenvalue weighted by Gasteiger charge is -2.06. The molecule has 1 aromatic rings. The van der Waals surface area contributed by atoms with Gasteiger partial charge in [-0.2, -0.15) is 0 Å². The fourth-order valence-corrected chi connectivity index (χ4v) is 1.35. The molecule has 0 fully saturated rings. The lowest BCUT2D eigenvalue weighted by Crippen LogP contribution is -2.25. The van der Waals surface area contributed by atoms with Gasteiger partial charge in [0.1, 0.15) is 5.75 Å². The van der Waals surface area contributed by atoms with E-state index in [1.165, 1.54) is 0 Å². The van der Waals surface area contributed by atoms with Gasteiger partial charge >= 0.3 is 0 Å². The van der Waals surface area contributed by atoms with Crippen molar-refractivity contribution in [1.82, 2.24) is 5.32 Å². The smallest absolute Gasteiger partial charge is 0.221 e. The molecule has 1 aromatic carbocycles. The molecular formula is C12H16ClNO2. The van der Waals surface area contributed by atoms with Gasteiger partial charge in [0, 0.05) is 18.8 Å². The minimum absolute atomic E-state index is 0.00490. The highest BCUT2D eigenvalue weighted by Crippen LogP contribution is 2.07. The van der Waals surface area contributed by atoms with Crippen molar-refractivity contribution in [2.24, 2.45) is 0 Å². The van der Waals surface area contributed by atoms with Gasteiger partial charge in [-0.15, -0.1) is 11.6 Å². The van der Waals surface area contributed by atoms with Crippen molar-refractivity contribution in [3.63, 3.8) is 0 Å². The van der Waals surface area contributed by atoms with E-state index in [0.717, 1.165) is 12.2 Å². The maximum atomic E-state index is 11.0. The third-order valence-corrected chi connectivity index (χ3v) is 2.17. The van der Waals surface area contributed by atoms with Gasteiger partial charge in [0.05, 0.1) is 6.61 Å². The van der Waals surface area contributed by atoms with Crippen molar-refractivity contribution < 1.29 is 9.53 Å². The second-order valence-corrected chi connectivity index (χ2v) is 3.68. The van der Waals surface area contributed by atoms with E-state index in [-0.39, 0.29) is 5.91 Å². The summed E-state index contributed by atoms with van der Waals surface area (Å²) in [6.45, 7) is 1.23. The Labute approximate surface area is 101 Å². The van der Waals surface area contributed by atoms with Crippen molar-refractivity contribution >= 4 is 17.5 Å². The topological polar surface area (TPSA) is 38.3 Å². The molecule has 1 rings (SSSR count). The summed E-state index contributed by atoms with van der Waals surface area (Å²) in [4.78, 5) is 11.0. The predicted octanol–water partition coefficient (Wildman–Crippen LogP) is 2.20. The lowest BCUT2D eigenvalue weighted by molar-refractivity contribution is -0.120. The summed E-state index contributed by atoms with van der Waals surface area (Å²) in [5, 5.41) is 2.77. The fourth-order valence-electron chi connectivity index (χ4n) is 1.18. The van der Waals surface area contributed by atoms with Crippen LogP contribution in [0.3, 0.4) is 0 Å². The summed E-state index contributed by atoms with van der Waals surface area (Å²) in [6.07, 6.45) is 1.17. The SMILES string of the molecule is O=C(CCCl)NCCCOc1ccccc1. The first-order valence-electron chi connectivity index (χ1n) is 5.33. The van der Waals surface area contributed by atoms with Crippen LogP contribution in [0.2, 0.25) is 0 Å². The van der Waals surface area contributed by atoms with Crippen molar-refractivity contribution in [3.05, 3.63) is 30.3 Å². The Morgan fingerprint density at radius 2 is 2.06 bits per heavy atom. The molecule has 0 saturated carbocycles. The minimum atomic E-state index is -0.00490. The Morgan fingerprint density at radius 1 is 1.31 bits per heavy atom. The van der Waals surface area contributed by atoms with E-state index in [0.29, 0.717) is 25.5 Å². The molecule has 0 spiro atoms. The Hall–Kier alpha value is -1.22. The number of carbonyl (C=O) groups excluding carboxylic acids is 1. The van der Waals surface area contributed by atoms with E-state index in [9.17, 15) is 4.79 Å². The number of hydrogen-bond donors (Lipinski definition) is 1. The van der Waals surface area contributed by atoms with E-state index in [2.05, 4.69) is 5.32 Å². The van der Waals surface area contributed by atoms with E-state index in [1.807, 2.05) is 30.3 Å². The Balaban J connectivity index is 2.02. The van der Waals surface area contributed by atoms with E-state index < -0.39 is 0 Å². The number of nitrogens with one attached hydrogen (secondary N) is 1. The third kappa shape index (κ3) is 5.61. The van der Waals surface area contributed by atoms with Crippen LogP contribution in [0.15, 0.2) is 30.3 Å². The summed E-state index contributed by atoms with van der Waals surface area (Å²) < 4.78 is 5.47. The second-order valence-electron chi connectivity index (χ2n) is 3.30. The molecule has 0 aliphatic carbocycles. The standard InChI is InChI=1S/C12H16ClNO2/c13-8-7-12(15)14-9-4-10-16-11-5-2-1-3-6-11/h1-3,5-6H,4,7-10H2,(H,14,15). The average molecular weight is 242 g/mol. The number of halogens is 1. The van der Waals surface area contributed by atoms with Crippen molar-refractivity contribution in [2.75, 3.05) is 19.0 Å². The number of benzene rings is 1. The summed E-state index contributed by atoms with van der Waals surface area (Å²) >= 11 is 5.43. The number of ether oxygens (including phenoxy) is 1. The fraction of sp³-hybridized carbons (Fsp3) is 0.417. The van der Waals surface area contributed by atoms with Gasteiger partial charge in [0.2, 0.25) is 5.91 Å². The van der Waals surface area contributed by atoms with E-state index >= 15 is 0 Å². The van der Waals surface area contributed by atoms with Crippen molar-refractivity contribution in [1.29, 1.82) is 0 Å². The molecule has 1 N–H and O–H groups in total. The molecule has 3 nitrogen and oxygen atoms in total. The third-order valence-electron chi connectivity index (χ3n) is 1.98. The van der Waals surface area contributed by atoms with Crippen LogP contribution in [0.1, 0.15) is 12.8 Å². The molecule has 1 amide bonds. The lowest BCUT2D eigenvalue weighted by atomic mass is 10.3. The zero-order valence-corrected chi connectivity index (χ0v) is 9.87. The largest absolute Gasteiger partial charge is 0.494 e. The van der Waals surface area contributed by atoms with Crippen LogP contribution in [0.5, 0.6) is 5.75 Å². The normalized spacial score (nSPS) is 9.81. The van der Waals surface area contributed by atoms with Crippen LogP contribution in [0, 0.1) is 0 Å². The maximum Gasteiger partial charge on any atom is 0.221 e. The maximum absolute atomic E-state index is 11.0. The summed E-state index contributed by atoms with van der Waals surface area (Å²) in [6, 6.07) is 9.62. The van der Waals surface area contributed by atoms with Crippen molar-refractivity contribution in [3.8, 4) is 5.75 Å². The van der Waals surface area contributed by atoms with Gasteiger partial charge in [-0.1, -0.05) is 18.2 Å². The first-order chi connectivity index (χ1) is 7.83. The number of rotatable bonds is 7. The summed E-state index contributed by atoms with van der Waals surface area (Å²) in [5.74, 6) is 1.22. The Kier molecular flexibility index (Phi) is 6.42. The number of hydrogen-bond acceptors (Lipinski definition) is 2. The molecule has 0 aliphatic heterocycles. The van der Waals surface area contributed by atoms with Crippen LogP contribution in [0.25, 0.3) is 0 Å². The Bertz CT molecular complexity index is 303. The monoisotopic (exact) mass is 241 g/mol. The van der Waals surface area contributed by atoms with Crippen LogP contribution in [0.4, 0.5) is 0 Å².